The van der Waals surface area contributed by atoms with Crippen LogP contribution in [0, 0.1) is 5.41 Å². The molecule has 0 fully saturated rings. The Morgan fingerprint density at radius 2 is 1.62 bits per heavy atom. The average Bonchev–Trinajstić information content (AvgIpc) is 2.15. The molecule has 0 aromatic rings. The molecule has 0 heterocycles. The van der Waals surface area contributed by atoms with Crippen LogP contribution in [0.15, 0.2) is 11.3 Å². The second-order valence-electron chi connectivity index (χ2n) is 5.29. The Bertz CT molecular complexity index is 270. The van der Waals surface area contributed by atoms with Crippen LogP contribution in [0.3, 0.4) is 0 Å². The van der Waals surface area contributed by atoms with Gasteiger partial charge in [0.1, 0.15) is 0 Å². The highest BCUT2D eigenvalue weighted by Crippen LogP contribution is 2.28. The van der Waals surface area contributed by atoms with E-state index in [0.717, 1.165) is 25.2 Å². The summed E-state index contributed by atoms with van der Waals surface area (Å²) in [5.41, 5.74) is 1.54. The smallest absolute Gasteiger partial charge is 0.333 e. The Morgan fingerprint density at radius 3 is 1.88 bits per heavy atom. The van der Waals surface area contributed by atoms with E-state index in [-0.39, 0.29) is 5.41 Å². The third-order valence-electron chi connectivity index (χ3n) is 2.60. The highest BCUT2D eigenvalue weighted by atomic mass is 16.4. The van der Waals surface area contributed by atoms with Gasteiger partial charge in [-0.15, -0.1) is 0 Å². The molecule has 0 radical (unpaired) electrons. The molecule has 0 atom stereocenters. The average molecular weight is 227 g/mol. The number of hydrogen-bond acceptors (Lipinski definition) is 2. The van der Waals surface area contributed by atoms with Gasteiger partial charge in [0.15, 0.2) is 0 Å². The van der Waals surface area contributed by atoms with E-state index >= 15 is 0 Å². The van der Waals surface area contributed by atoms with E-state index in [1.807, 2.05) is 0 Å². The number of aliphatic carboxylic acids is 1. The lowest BCUT2D eigenvalue weighted by atomic mass is 9.88. The molecular weight excluding hydrogens is 202 g/mol. The molecule has 0 rings (SSSR count). The van der Waals surface area contributed by atoms with E-state index < -0.39 is 5.97 Å². The molecule has 3 nitrogen and oxygen atoms in total. The van der Waals surface area contributed by atoms with Crippen molar-refractivity contribution in [1.82, 2.24) is 4.90 Å². The maximum atomic E-state index is 11.1. The Labute approximate surface area is 99.1 Å². The molecule has 3 heteroatoms. The molecule has 94 valence electrons. The van der Waals surface area contributed by atoms with Gasteiger partial charge in [0, 0.05) is 18.8 Å². The number of carboxylic acids is 1. The third-order valence-corrected chi connectivity index (χ3v) is 2.60. The fourth-order valence-electron chi connectivity index (χ4n) is 1.71. The molecule has 0 bridgehead atoms. The van der Waals surface area contributed by atoms with Crippen LogP contribution in [0.5, 0.6) is 0 Å². The predicted octanol–water partition coefficient (Wildman–Crippen LogP) is 3.12. The number of rotatable bonds is 5. The van der Waals surface area contributed by atoms with Gasteiger partial charge in [-0.3, -0.25) is 0 Å². The summed E-state index contributed by atoms with van der Waals surface area (Å²) in [6.07, 6.45) is 0.798. The van der Waals surface area contributed by atoms with Gasteiger partial charge in [-0.1, -0.05) is 20.8 Å². The minimum atomic E-state index is -0.814. The van der Waals surface area contributed by atoms with Crippen LogP contribution >= 0.6 is 0 Å². The van der Waals surface area contributed by atoms with Gasteiger partial charge in [0.2, 0.25) is 0 Å². The molecule has 16 heavy (non-hydrogen) atoms. The summed E-state index contributed by atoms with van der Waals surface area (Å²) in [5, 5.41) is 9.10. The van der Waals surface area contributed by atoms with Gasteiger partial charge < -0.3 is 10.0 Å². The largest absolute Gasteiger partial charge is 0.478 e. The lowest BCUT2D eigenvalue weighted by Crippen LogP contribution is -2.27. The number of nitrogens with zero attached hydrogens (tertiary/aromatic N) is 1. The first-order chi connectivity index (χ1) is 7.22. The van der Waals surface area contributed by atoms with Crippen molar-refractivity contribution in [3.63, 3.8) is 0 Å². The Balaban J connectivity index is 5.21. The van der Waals surface area contributed by atoms with Gasteiger partial charge in [-0.25, -0.2) is 4.79 Å². The van der Waals surface area contributed by atoms with Crippen molar-refractivity contribution in [2.24, 2.45) is 5.41 Å². The molecular formula is C13H25NO2. The summed E-state index contributed by atoms with van der Waals surface area (Å²) >= 11 is 0. The SMILES string of the molecule is CCN(CC)C(CC(C)(C)C)=C(C)C(=O)O. The predicted molar refractivity (Wildman–Crippen MR) is 67.3 cm³/mol. The zero-order valence-corrected chi connectivity index (χ0v) is 11.4. The van der Waals surface area contributed by atoms with E-state index in [9.17, 15) is 4.79 Å². The topological polar surface area (TPSA) is 40.5 Å². The quantitative estimate of drug-likeness (QED) is 0.734. The summed E-state index contributed by atoms with van der Waals surface area (Å²) < 4.78 is 0. The van der Waals surface area contributed by atoms with E-state index in [1.165, 1.54) is 0 Å². The number of carbonyl (C=O) groups is 1. The second-order valence-corrected chi connectivity index (χ2v) is 5.29. The lowest BCUT2D eigenvalue weighted by molar-refractivity contribution is -0.132. The number of hydrogen-bond donors (Lipinski definition) is 1. The normalized spacial score (nSPS) is 13.4. The number of allylic oxidation sites excluding steroid dienone is 1. The summed E-state index contributed by atoms with van der Waals surface area (Å²) in [6.45, 7) is 13.9. The second kappa shape index (κ2) is 5.92. The molecule has 0 saturated carbocycles. The molecule has 0 aliphatic heterocycles. The monoisotopic (exact) mass is 227 g/mol. The zero-order chi connectivity index (χ0) is 12.9. The van der Waals surface area contributed by atoms with Crippen molar-refractivity contribution < 1.29 is 9.90 Å². The molecule has 1 N–H and O–H groups in total. The molecule has 0 saturated heterocycles. The first-order valence-corrected chi connectivity index (χ1v) is 5.91. The van der Waals surface area contributed by atoms with Crippen molar-refractivity contribution >= 4 is 5.97 Å². The molecule has 0 aromatic heterocycles. The Morgan fingerprint density at radius 1 is 1.19 bits per heavy atom. The van der Waals surface area contributed by atoms with E-state index in [2.05, 4.69) is 39.5 Å². The van der Waals surface area contributed by atoms with Crippen LogP contribution < -0.4 is 0 Å². The summed E-state index contributed by atoms with van der Waals surface area (Å²) in [4.78, 5) is 13.2. The van der Waals surface area contributed by atoms with Gasteiger partial charge in [-0.2, -0.15) is 0 Å². The van der Waals surface area contributed by atoms with Crippen molar-refractivity contribution in [2.75, 3.05) is 13.1 Å². The van der Waals surface area contributed by atoms with Crippen LogP contribution in [-0.4, -0.2) is 29.1 Å². The summed E-state index contributed by atoms with van der Waals surface area (Å²) in [5.74, 6) is -0.814. The minimum Gasteiger partial charge on any atom is -0.478 e. The highest BCUT2D eigenvalue weighted by Gasteiger charge is 2.20. The highest BCUT2D eigenvalue weighted by molar-refractivity contribution is 5.86. The fraction of sp³-hybridized carbons (Fsp3) is 0.769. The molecule has 0 spiro atoms. The van der Waals surface area contributed by atoms with E-state index in [0.29, 0.717) is 5.57 Å². The maximum Gasteiger partial charge on any atom is 0.333 e. The third kappa shape index (κ3) is 4.69. The molecule has 0 aromatic carbocycles. The van der Waals surface area contributed by atoms with E-state index in [1.54, 1.807) is 6.92 Å². The van der Waals surface area contributed by atoms with Crippen molar-refractivity contribution in [1.29, 1.82) is 0 Å². The Hall–Kier alpha value is -0.990. The van der Waals surface area contributed by atoms with Crippen molar-refractivity contribution in [3.8, 4) is 0 Å². The first-order valence-electron chi connectivity index (χ1n) is 5.91. The van der Waals surface area contributed by atoms with Crippen molar-refractivity contribution in [3.05, 3.63) is 11.3 Å². The molecule has 0 aliphatic rings. The van der Waals surface area contributed by atoms with Crippen molar-refractivity contribution in [2.45, 2.75) is 48.0 Å². The van der Waals surface area contributed by atoms with Gasteiger partial charge in [0.05, 0.1) is 5.57 Å². The summed E-state index contributed by atoms with van der Waals surface area (Å²) in [7, 11) is 0. The van der Waals surface area contributed by atoms with E-state index in [4.69, 9.17) is 5.11 Å². The number of carboxylic acid groups (broad SMARTS) is 1. The zero-order valence-electron chi connectivity index (χ0n) is 11.4. The van der Waals surface area contributed by atoms with Crippen LogP contribution in [0.1, 0.15) is 48.0 Å². The van der Waals surface area contributed by atoms with Gasteiger partial charge in [0.25, 0.3) is 0 Å². The van der Waals surface area contributed by atoms with Crippen LogP contribution in [0.4, 0.5) is 0 Å². The molecule has 0 aliphatic carbocycles. The van der Waals surface area contributed by atoms with Crippen LogP contribution in [-0.2, 0) is 4.79 Å². The minimum absolute atomic E-state index is 0.106. The van der Waals surface area contributed by atoms with Crippen LogP contribution in [0.25, 0.3) is 0 Å². The Kier molecular flexibility index (Phi) is 5.56. The maximum absolute atomic E-state index is 11.1. The molecule has 0 amide bonds. The van der Waals surface area contributed by atoms with Gasteiger partial charge in [-0.05, 0) is 32.6 Å². The first kappa shape index (κ1) is 15.0. The molecule has 0 unspecified atom stereocenters. The van der Waals surface area contributed by atoms with Crippen LogP contribution in [0.2, 0.25) is 0 Å². The lowest BCUT2D eigenvalue weighted by Gasteiger charge is -2.30. The summed E-state index contributed by atoms with van der Waals surface area (Å²) in [6, 6.07) is 0. The standard InChI is InChI=1S/C13H25NO2/c1-7-14(8-2)11(9-13(4,5)6)10(3)12(15)16/h7-9H2,1-6H3,(H,15,16). The fourth-order valence-corrected chi connectivity index (χ4v) is 1.71. The van der Waals surface area contributed by atoms with Gasteiger partial charge >= 0.3 is 5.97 Å².